The van der Waals surface area contributed by atoms with Gasteiger partial charge in [-0.1, -0.05) is 0 Å². The Balaban J connectivity index is 0. The summed E-state index contributed by atoms with van der Waals surface area (Å²) in [6.07, 6.45) is 0. The molecule has 0 saturated heterocycles. The van der Waals surface area contributed by atoms with Gasteiger partial charge in [-0.25, -0.2) is 0 Å². The summed E-state index contributed by atoms with van der Waals surface area (Å²) in [4.78, 5) is 33.3. The first-order valence-corrected chi connectivity index (χ1v) is 8.36. The van der Waals surface area contributed by atoms with E-state index in [9.17, 15) is 13.7 Å². The predicted molar refractivity (Wildman–Crippen MR) is 43.5 cm³/mol. The average Bonchev–Trinajstić information content (AvgIpc) is 1.78. The van der Waals surface area contributed by atoms with Crippen molar-refractivity contribution in [3.63, 3.8) is 0 Å². The van der Waals surface area contributed by atoms with Crippen molar-refractivity contribution in [1.82, 2.24) is 0 Å². The van der Waals surface area contributed by atoms with Crippen molar-refractivity contribution in [1.29, 1.82) is 0 Å². The van der Waals surface area contributed by atoms with Crippen LogP contribution in [-0.2, 0) is 42.2 Å². The monoisotopic (exact) mass is 443 g/mol. The Hall–Kier alpha value is 1.75. The molecule has 0 aliphatic rings. The first kappa shape index (κ1) is 19.1. The molecule has 0 fully saturated rings. The molecule has 0 rings (SSSR count). The third kappa shape index (κ3) is 10.6. The van der Waals surface area contributed by atoms with Gasteiger partial charge in [0.25, 0.3) is 0 Å². The summed E-state index contributed by atoms with van der Waals surface area (Å²) in [6, 6.07) is 0. The zero-order valence-corrected chi connectivity index (χ0v) is 13.4. The van der Waals surface area contributed by atoms with Gasteiger partial charge in [-0.05, 0) is 0 Å². The van der Waals surface area contributed by atoms with Crippen LogP contribution < -0.4 is 0 Å². The minimum absolute atomic E-state index is 0. The zero-order valence-electron chi connectivity index (χ0n) is 6.46. The molecule has 0 amide bonds. The number of hydrogen-bond acceptors (Lipinski definition) is 6. The van der Waals surface area contributed by atoms with Crippen LogP contribution >= 0.6 is 23.5 Å². The van der Waals surface area contributed by atoms with Gasteiger partial charge in [-0.3, -0.25) is 0 Å². The van der Waals surface area contributed by atoms with E-state index in [1.165, 1.54) is 0 Å². The molecular weight excluding hydrogens is 438 g/mol. The van der Waals surface area contributed by atoms with E-state index >= 15 is 0 Å². The van der Waals surface area contributed by atoms with Crippen LogP contribution in [0, 0.1) is 0 Å². The Bertz CT molecular complexity index is 330. The molecule has 0 aliphatic carbocycles. The SMILES string of the molecule is O=P(O)(O)OP(=O)(O)OP(=O)(O)[O][SbH2].[Cu]. The molecule has 0 aromatic rings. The Morgan fingerprint density at radius 1 is 0.867 bits per heavy atom. The third-order valence-electron chi connectivity index (χ3n) is 0.549. The third-order valence-corrected chi connectivity index (χ3v) is 6.42. The van der Waals surface area contributed by atoms with Crippen LogP contribution in [0.2, 0.25) is 0 Å². The fraction of sp³-hybridized carbons (Fsp3) is 0. The van der Waals surface area contributed by atoms with E-state index in [1.54, 1.807) is 0 Å². The summed E-state index contributed by atoms with van der Waals surface area (Å²) in [5, 5.41) is 0. The van der Waals surface area contributed by atoms with Gasteiger partial charge in [-0.15, -0.1) is 0 Å². The van der Waals surface area contributed by atoms with Crippen molar-refractivity contribution in [2.24, 2.45) is 0 Å². The molecule has 15 heavy (non-hydrogen) atoms. The van der Waals surface area contributed by atoms with Gasteiger partial charge in [0.1, 0.15) is 0 Å². The first-order chi connectivity index (χ1) is 5.97. The maximum Gasteiger partial charge on any atom is 0 e. The van der Waals surface area contributed by atoms with Crippen molar-refractivity contribution >= 4 is 46.9 Å². The van der Waals surface area contributed by atoms with Gasteiger partial charge < -0.3 is 0 Å². The Morgan fingerprint density at radius 3 is 1.53 bits per heavy atom. The minimum Gasteiger partial charge on any atom is 0 e. The molecule has 2 atom stereocenters. The van der Waals surface area contributed by atoms with Crippen LogP contribution in [-0.4, -0.2) is 43.0 Å². The molecule has 0 aromatic carbocycles. The van der Waals surface area contributed by atoms with E-state index in [0.29, 0.717) is 0 Å². The molecule has 97 valence electrons. The van der Waals surface area contributed by atoms with Gasteiger partial charge in [0, 0.05) is 17.1 Å². The van der Waals surface area contributed by atoms with Crippen LogP contribution in [0.5, 0.6) is 0 Å². The number of phosphoric acid groups is 3. The molecule has 0 aliphatic heterocycles. The topological polar surface area (TPSA) is 160 Å². The standard InChI is InChI=1S/Cu.H5O10P3.Sb.2H/c;1-11(2,3)9-13(7,8)10-12(4,5)6;;;/h;(H,7,8)(H2,1,2,3)(H2,4,5,6);;;/q;;+1;;/p-1. The molecule has 0 bridgehead atoms. The second-order valence-corrected chi connectivity index (χ2v) is 7.87. The van der Waals surface area contributed by atoms with Gasteiger partial charge in [-0.2, -0.15) is 0 Å². The number of hydrogen-bond donors (Lipinski definition) is 4. The normalized spacial score (nSPS) is 19.8. The molecule has 2 unspecified atom stereocenters. The van der Waals surface area contributed by atoms with Gasteiger partial charge in [0.2, 0.25) is 0 Å². The van der Waals surface area contributed by atoms with E-state index in [1.807, 2.05) is 0 Å². The van der Waals surface area contributed by atoms with Crippen molar-refractivity contribution in [3.8, 4) is 0 Å². The van der Waals surface area contributed by atoms with Crippen LogP contribution in [0.15, 0.2) is 0 Å². The summed E-state index contributed by atoms with van der Waals surface area (Å²) >= 11 is -0.226. The maximum atomic E-state index is 10.6. The molecule has 15 heteroatoms. The molecule has 0 spiro atoms. The van der Waals surface area contributed by atoms with Gasteiger partial charge in [0.05, 0.1) is 0 Å². The van der Waals surface area contributed by atoms with E-state index in [-0.39, 0.29) is 40.5 Å². The Kier molecular flexibility index (Phi) is 8.43. The fourth-order valence-electron chi connectivity index (χ4n) is 0.299. The summed E-state index contributed by atoms with van der Waals surface area (Å²) < 4.78 is 41.8. The Morgan fingerprint density at radius 2 is 1.27 bits per heavy atom. The second-order valence-electron chi connectivity index (χ2n) is 1.70. The largest absolute Gasteiger partial charge is 0 e. The van der Waals surface area contributed by atoms with Crippen molar-refractivity contribution in [2.75, 3.05) is 0 Å². The summed E-state index contributed by atoms with van der Waals surface area (Å²) in [7, 11) is -15.4. The molecule has 0 saturated carbocycles. The first-order valence-electron chi connectivity index (χ1n) is 2.50. The summed E-state index contributed by atoms with van der Waals surface area (Å²) in [5.74, 6) is 0. The van der Waals surface area contributed by atoms with Gasteiger partial charge in [0.15, 0.2) is 0 Å². The summed E-state index contributed by atoms with van der Waals surface area (Å²) in [5.41, 5.74) is 0. The molecule has 10 nitrogen and oxygen atoms in total. The van der Waals surface area contributed by atoms with Crippen molar-refractivity contribution in [3.05, 3.63) is 0 Å². The average molecular weight is 444 g/mol. The quantitative estimate of drug-likeness (QED) is 0.302. The molecule has 4 N–H and O–H groups in total. The van der Waals surface area contributed by atoms with Crippen LogP contribution in [0.4, 0.5) is 0 Å². The van der Waals surface area contributed by atoms with Crippen LogP contribution in [0.25, 0.3) is 0 Å². The van der Waals surface area contributed by atoms with E-state index in [0.717, 1.165) is 0 Å². The molecular formula is H6CuO10P3Sb. The van der Waals surface area contributed by atoms with Crippen LogP contribution in [0.3, 0.4) is 0 Å². The van der Waals surface area contributed by atoms with E-state index < -0.39 is 23.5 Å². The summed E-state index contributed by atoms with van der Waals surface area (Å²) in [6.45, 7) is 0. The van der Waals surface area contributed by atoms with E-state index in [2.05, 4.69) is 11.4 Å². The second kappa shape index (κ2) is 6.62. The minimum atomic E-state index is -5.33. The van der Waals surface area contributed by atoms with Crippen LogP contribution in [0.1, 0.15) is 0 Å². The number of rotatable bonds is 5. The fourth-order valence-corrected chi connectivity index (χ4v) is 3.95. The smallest absolute Gasteiger partial charge is 0 e. The molecule has 0 heterocycles. The van der Waals surface area contributed by atoms with E-state index in [4.69, 9.17) is 19.6 Å². The van der Waals surface area contributed by atoms with Crippen molar-refractivity contribution < 1.29 is 61.8 Å². The van der Waals surface area contributed by atoms with Crippen molar-refractivity contribution in [2.45, 2.75) is 0 Å². The predicted octanol–water partition coefficient (Wildman–Crippen LogP) is -1.12. The Labute approximate surface area is 108 Å². The maximum absolute atomic E-state index is 10.6. The molecule has 1 radical (unpaired) electrons. The van der Waals surface area contributed by atoms with Gasteiger partial charge >= 0.3 is 91.6 Å². The molecule has 0 aromatic heterocycles. The zero-order chi connectivity index (χ0) is 11.6.